The summed E-state index contributed by atoms with van der Waals surface area (Å²) in [6, 6.07) is 12.5. The van der Waals surface area contributed by atoms with Gasteiger partial charge in [0.25, 0.3) is 5.91 Å². The van der Waals surface area contributed by atoms with Crippen LogP contribution in [-0.4, -0.2) is 56.0 Å². The molecule has 9 heteroatoms. The van der Waals surface area contributed by atoms with Gasteiger partial charge in [-0.25, -0.2) is 12.7 Å². The average molecular weight is 401 g/mol. The Kier molecular flexibility index (Phi) is 5.30. The summed E-state index contributed by atoms with van der Waals surface area (Å²) in [5.41, 5.74) is 1.29. The number of carbonyl (C=O) groups is 3. The minimum atomic E-state index is -3.65. The predicted octanol–water partition coefficient (Wildman–Crippen LogP) is 1.10. The topological polar surface area (TPSA) is 104 Å². The second-order valence-electron chi connectivity index (χ2n) is 6.48. The number of sulfonamides is 1. The number of amides is 3. The Morgan fingerprint density at radius 2 is 1.82 bits per heavy atom. The van der Waals surface area contributed by atoms with E-state index >= 15 is 0 Å². The molecule has 28 heavy (non-hydrogen) atoms. The van der Waals surface area contributed by atoms with E-state index in [1.165, 1.54) is 38.4 Å². The molecule has 0 saturated heterocycles. The molecule has 0 fully saturated rings. The molecule has 0 unspecified atom stereocenters. The molecule has 2 aromatic carbocycles. The van der Waals surface area contributed by atoms with E-state index in [-0.39, 0.29) is 17.0 Å². The lowest BCUT2D eigenvalue weighted by Gasteiger charge is -2.26. The maximum Gasteiger partial charge on any atom is 0.261 e. The van der Waals surface area contributed by atoms with Crippen LogP contribution in [0.2, 0.25) is 0 Å². The number of hydrogen-bond acceptors (Lipinski definition) is 5. The first-order valence-electron chi connectivity index (χ1n) is 8.45. The van der Waals surface area contributed by atoms with Gasteiger partial charge in [-0.05, 0) is 29.8 Å². The summed E-state index contributed by atoms with van der Waals surface area (Å²) in [5.74, 6) is -1.57. The first kappa shape index (κ1) is 19.7. The number of rotatable bonds is 5. The Morgan fingerprint density at radius 1 is 1.11 bits per heavy atom. The Labute approximate surface area is 162 Å². The standard InChI is InChI=1S/C19H19N3O5S/c1-21(2)28(26,27)15-8-5-7-14(11-15)20-17(23)12-22-18(24)10-13-6-3-4-9-16(13)19(22)25/h3-9,11H,10,12H2,1-2H3,(H,20,23). The molecule has 1 heterocycles. The van der Waals surface area contributed by atoms with Gasteiger partial charge >= 0.3 is 0 Å². The second kappa shape index (κ2) is 7.53. The minimum Gasteiger partial charge on any atom is -0.324 e. The highest BCUT2D eigenvalue weighted by atomic mass is 32.2. The van der Waals surface area contributed by atoms with Crippen LogP contribution in [-0.2, 0) is 26.0 Å². The van der Waals surface area contributed by atoms with E-state index in [1.807, 2.05) is 0 Å². The SMILES string of the molecule is CN(C)S(=O)(=O)c1cccc(NC(=O)CN2C(=O)Cc3ccccc3C2=O)c1. The third-order valence-corrected chi connectivity index (χ3v) is 6.14. The molecular formula is C19H19N3O5S. The highest BCUT2D eigenvalue weighted by Crippen LogP contribution is 2.20. The summed E-state index contributed by atoms with van der Waals surface area (Å²) in [7, 11) is -0.833. The predicted molar refractivity (Wildman–Crippen MR) is 102 cm³/mol. The molecule has 0 aliphatic carbocycles. The molecule has 1 N–H and O–H groups in total. The maximum absolute atomic E-state index is 12.5. The first-order valence-corrected chi connectivity index (χ1v) is 9.89. The fraction of sp³-hybridized carbons (Fsp3) is 0.211. The Balaban J connectivity index is 1.75. The molecule has 3 rings (SSSR count). The van der Waals surface area contributed by atoms with Gasteiger partial charge in [-0.15, -0.1) is 0 Å². The average Bonchev–Trinajstić information content (AvgIpc) is 2.65. The highest BCUT2D eigenvalue weighted by molar-refractivity contribution is 7.89. The first-order chi connectivity index (χ1) is 13.2. The van der Waals surface area contributed by atoms with E-state index in [0.29, 0.717) is 11.1 Å². The zero-order chi connectivity index (χ0) is 20.5. The Hall–Kier alpha value is -3.04. The van der Waals surface area contributed by atoms with E-state index in [0.717, 1.165) is 9.21 Å². The molecule has 0 bridgehead atoms. The number of hydrogen-bond donors (Lipinski definition) is 1. The van der Waals surface area contributed by atoms with Crippen molar-refractivity contribution in [1.29, 1.82) is 0 Å². The second-order valence-corrected chi connectivity index (χ2v) is 8.63. The van der Waals surface area contributed by atoms with Gasteiger partial charge in [0.15, 0.2) is 0 Å². The number of benzene rings is 2. The zero-order valence-electron chi connectivity index (χ0n) is 15.4. The van der Waals surface area contributed by atoms with E-state index in [2.05, 4.69) is 5.32 Å². The summed E-state index contributed by atoms with van der Waals surface area (Å²) in [6.45, 7) is -0.448. The molecule has 0 radical (unpaired) electrons. The van der Waals surface area contributed by atoms with E-state index in [9.17, 15) is 22.8 Å². The van der Waals surface area contributed by atoms with Gasteiger partial charge in [-0.2, -0.15) is 0 Å². The lowest BCUT2D eigenvalue weighted by atomic mass is 9.98. The van der Waals surface area contributed by atoms with Gasteiger partial charge in [-0.1, -0.05) is 24.3 Å². The smallest absolute Gasteiger partial charge is 0.261 e. The van der Waals surface area contributed by atoms with Crippen LogP contribution in [0.1, 0.15) is 15.9 Å². The maximum atomic E-state index is 12.5. The highest BCUT2D eigenvalue weighted by Gasteiger charge is 2.32. The Morgan fingerprint density at radius 3 is 2.54 bits per heavy atom. The van der Waals surface area contributed by atoms with Crippen molar-refractivity contribution >= 4 is 33.4 Å². The quantitative estimate of drug-likeness (QED) is 0.756. The van der Waals surface area contributed by atoms with Crippen molar-refractivity contribution in [3.05, 3.63) is 59.7 Å². The van der Waals surface area contributed by atoms with Gasteiger partial charge in [0, 0.05) is 25.3 Å². The van der Waals surface area contributed by atoms with Gasteiger partial charge in [-0.3, -0.25) is 19.3 Å². The fourth-order valence-corrected chi connectivity index (χ4v) is 3.80. The molecule has 8 nitrogen and oxygen atoms in total. The van der Waals surface area contributed by atoms with E-state index in [4.69, 9.17) is 0 Å². The van der Waals surface area contributed by atoms with E-state index < -0.39 is 34.3 Å². The number of fused-ring (bicyclic) bond motifs is 1. The molecule has 0 aromatic heterocycles. The van der Waals surface area contributed by atoms with Gasteiger partial charge in [0.05, 0.1) is 11.3 Å². The lowest BCUT2D eigenvalue weighted by molar-refractivity contribution is -0.131. The zero-order valence-corrected chi connectivity index (χ0v) is 16.2. The summed E-state index contributed by atoms with van der Waals surface area (Å²) < 4.78 is 25.5. The van der Waals surface area contributed by atoms with Crippen molar-refractivity contribution in [2.45, 2.75) is 11.3 Å². The monoisotopic (exact) mass is 401 g/mol. The summed E-state index contributed by atoms with van der Waals surface area (Å²) in [5, 5.41) is 2.54. The fourth-order valence-electron chi connectivity index (χ4n) is 2.85. The Bertz CT molecular complexity index is 1060. The molecule has 146 valence electrons. The third-order valence-electron chi connectivity index (χ3n) is 4.33. The minimum absolute atomic E-state index is 0.0225. The lowest BCUT2D eigenvalue weighted by Crippen LogP contribution is -2.46. The number of imide groups is 1. The normalized spacial score (nSPS) is 14.2. The van der Waals surface area contributed by atoms with Crippen LogP contribution in [0.25, 0.3) is 0 Å². The molecule has 0 atom stereocenters. The van der Waals surface area contributed by atoms with Crippen molar-refractivity contribution in [2.75, 3.05) is 26.0 Å². The molecule has 1 aliphatic heterocycles. The van der Waals surface area contributed by atoms with Crippen molar-refractivity contribution in [2.24, 2.45) is 0 Å². The van der Waals surface area contributed by atoms with Crippen molar-refractivity contribution in [3.63, 3.8) is 0 Å². The van der Waals surface area contributed by atoms with Crippen molar-refractivity contribution in [3.8, 4) is 0 Å². The van der Waals surface area contributed by atoms with Crippen molar-refractivity contribution < 1.29 is 22.8 Å². The summed E-state index contributed by atoms with van der Waals surface area (Å²) in [4.78, 5) is 38.1. The molecule has 2 aromatic rings. The van der Waals surface area contributed by atoms with Crippen LogP contribution in [0, 0.1) is 0 Å². The summed E-state index contributed by atoms with van der Waals surface area (Å²) >= 11 is 0. The van der Waals surface area contributed by atoms with Crippen molar-refractivity contribution in [1.82, 2.24) is 9.21 Å². The molecule has 0 spiro atoms. The van der Waals surface area contributed by atoms with Gasteiger partial charge in [0.2, 0.25) is 21.8 Å². The largest absolute Gasteiger partial charge is 0.324 e. The molecule has 1 aliphatic rings. The number of nitrogens with zero attached hydrogens (tertiary/aromatic N) is 2. The number of nitrogens with one attached hydrogen (secondary N) is 1. The van der Waals surface area contributed by atoms with Gasteiger partial charge in [0.1, 0.15) is 6.54 Å². The van der Waals surface area contributed by atoms with Crippen LogP contribution in [0.4, 0.5) is 5.69 Å². The summed E-state index contributed by atoms with van der Waals surface area (Å²) in [6.07, 6.45) is 0.0474. The molecule has 3 amide bonds. The van der Waals surface area contributed by atoms with Crippen LogP contribution >= 0.6 is 0 Å². The van der Waals surface area contributed by atoms with E-state index in [1.54, 1.807) is 24.3 Å². The third kappa shape index (κ3) is 3.80. The van der Waals surface area contributed by atoms with Gasteiger partial charge < -0.3 is 5.32 Å². The van der Waals surface area contributed by atoms with Crippen LogP contribution in [0.3, 0.4) is 0 Å². The number of anilines is 1. The van der Waals surface area contributed by atoms with Crippen LogP contribution < -0.4 is 5.32 Å². The van der Waals surface area contributed by atoms with Crippen LogP contribution in [0.15, 0.2) is 53.4 Å². The molecule has 0 saturated carbocycles. The number of carbonyl (C=O) groups excluding carboxylic acids is 3. The van der Waals surface area contributed by atoms with Crippen LogP contribution in [0.5, 0.6) is 0 Å². The molecular weight excluding hydrogens is 382 g/mol.